The second kappa shape index (κ2) is 4.99. The molecule has 2 N–H and O–H groups in total. The van der Waals surface area contributed by atoms with Crippen LogP contribution in [0.1, 0.15) is 20.3 Å². The van der Waals surface area contributed by atoms with Crippen LogP contribution in [0.4, 0.5) is 0 Å². The first kappa shape index (κ1) is 12.1. The molecular formula is C9H23NOSi. The lowest BCUT2D eigenvalue weighted by Gasteiger charge is -2.21. The Balaban J connectivity index is 3.51. The Morgan fingerprint density at radius 2 is 1.75 bits per heavy atom. The third-order valence-electron chi connectivity index (χ3n) is 1.50. The molecule has 12 heavy (non-hydrogen) atoms. The highest BCUT2D eigenvalue weighted by Gasteiger charge is 2.16. The predicted molar refractivity (Wildman–Crippen MR) is 56.7 cm³/mol. The van der Waals surface area contributed by atoms with E-state index in [1.807, 2.05) is 0 Å². The molecule has 0 unspecified atom stereocenters. The van der Waals surface area contributed by atoms with Crippen molar-refractivity contribution in [3.63, 3.8) is 0 Å². The van der Waals surface area contributed by atoms with E-state index in [1.54, 1.807) is 0 Å². The highest BCUT2D eigenvalue weighted by atomic mass is 28.4. The molecule has 1 atom stereocenters. The van der Waals surface area contributed by atoms with E-state index in [-0.39, 0.29) is 6.04 Å². The van der Waals surface area contributed by atoms with Crippen molar-refractivity contribution in [3.8, 4) is 0 Å². The molecule has 0 rings (SSSR count). The average molecular weight is 189 g/mol. The Hall–Kier alpha value is 0.137. The van der Waals surface area contributed by atoms with Crippen LogP contribution in [-0.4, -0.2) is 21.0 Å². The largest absolute Gasteiger partial charge is 0.416 e. The van der Waals surface area contributed by atoms with E-state index < -0.39 is 8.32 Å². The average Bonchev–Trinajstić information content (AvgIpc) is 1.80. The molecule has 0 spiro atoms. The van der Waals surface area contributed by atoms with E-state index >= 15 is 0 Å². The molecule has 0 amide bonds. The molecule has 3 heteroatoms. The summed E-state index contributed by atoms with van der Waals surface area (Å²) in [5, 5.41) is 0. The van der Waals surface area contributed by atoms with Crippen molar-refractivity contribution >= 4 is 8.32 Å². The summed E-state index contributed by atoms with van der Waals surface area (Å²) in [5.74, 6) is 0.672. The fourth-order valence-corrected chi connectivity index (χ4v) is 1.74. The van der Waals surface area contributed by atoms with Crippen molar-refractivity contribution in [1.29, 1.82) is 0 Å². The highest BCUT2D eigenvalue weighted by Crippen LogP contribution is 2.07. The first-order chi connectivity index (χ1) is 5.31. The van der Waals surface area contributed by atoms with Gasteiger partial charge in [0.05, 0.1) is 0 Å². The fourth-order valence-electron chi connectivity index (χ4n) is 1.03. The number of rotatable bonds is 5. The van der Waals surface area contributed by atoms with Gasteiger partial charge < -0.3 is 10.2 Å². The maximum Gasteiger partial charge on any atom is 0.183 e. The molecule has 0 saturated heterocycles. The lowest BCUT2D eigenvalue weighted by molar-refractivity contribution is 0.265. The summed E-state index contributed by atoms with van der Waals surface area (Å²) >= 11 is 0. The Morgan fingerprint density at radius 1 is 1.25 bits per heavy atom. The van der Waals surface area contributed by atoms with Crippen LogP contribution >= 0.6 is 0 Å². The van der Waals surface area contributed by atoms with Gasteiger partial charge in [0, 0.05) is 12.6 Å². The predicted octanol–water partition coefficient (Wildman–Crippen LogP) is 2.21. The zero-order valence-electron chi connectivity index (χ0n) is 9.05. The highest BCUT2D eigenvalue weighted by molar-refractivity contribution is 6.69. The molecule has 0 aliphatic rings. The fraction of sp³-hybridized carbons (Fsp3) is 1.00. The zero-order valence-corrected chi connectivity index (χ0v) is 10.1. The molecule has 0 fully saturated rings. The van der Waals surface area contributed by atoms with Gasteiger partial charge in [-0.1, -0.05) is 13.8 Å². The normalized spacial score (nSPS) is 15.2. The third-order valence-corrected chi connectivity index (χ3v) is 2.54. The summed E-state index contributed by atoms with van der Waals surface area (Å²) in [6.07, 6.45) is 1.06. The summed E-state index contributed by atoms with van der Waals surface area (Å²) in [5.41, 5.74) is 5.88. The van der Waals surface area contributed by atoms with Crippen LogP contribution < -0.4 is 5.73 Å². The van der Waals surface area contributed by atoms with Gasteiger partial charge >= 0.3 is 0 Å². The second-order valence-corrected chi connectivity index (χ2v) is 9.33. The van der Waals surface area contributed by atoms with Gasteiger partial charge in [-0.05, 0) is 32.0 Å². The Bertz CT molecular complexity index is 120. The van der Waals surface area contributed by atoms with Crippen LogP contribution in [0, 0.1) is 5.92 Å². The number of hydrogen-bond acceptors (Lipinski definition) is 2. The molecule has 0 aliphatic carbocycles. The van der Waals surface area contributed by atoms with Gasteiger partial charge in [-0.25, -0.2) is 0 Å². The Kier molecular flexibility index (Phi) is 5.05. The van der Waals surface area contributed by atoms with Crippen molar-refractivity contribution in [1.82, 2.24) is 0 Å². The topological polar surface area (TPSA) is 35.2 Å². The van der Waals surface area contributed by atoms with Crippen molar-refractivity contribution in [2.75, 3.05) is 6.61 Å². The molecule has 2 nitrogen and oxygen atoms in total. The van der Waals surface area contributed by atoms with E-state index in [9.17, 15) is 0 Å². The maximum atomic E-state index is 5.88. The Labute approximate surface area is 77.6 Å². The zero-order chi connectivity index (χ0) is 9.78. The van der Waals surface area contributed by atoms with Gasteiger partial charge in [-0.2, -0.15) is 0 Å². The van der Waals surface area contributed by atoms with Crippen molar-refractivity contribution in [2.24, 2.45) is 11.7 Å². The summed E-state index contributed by atoms with van der Waals surface area (Å²) in [6, 6.07) is 0.219. The first-order valence-electron chi connectivity index (χ1n) is 4.71. The van der Waals surface area contributed by atoms with Crippen LogP contribution in [0.5, 0.6) is 0 Å². The molecule has 0 aromatic rings. The van der Waals surface area contributed by atoms with E-state index in [0.29, 0.717) is 5.92 Å². The molecular weight excluding hydrogens is 166 g/mol. The van der Waals surface area contributed by atoms with E-state index in [2.05, 4.69) is 33.5 Å². The van der Waals surface area contributed by atoms with E-state index in [0.717, 1.165) is 13.0 Å². The van der Waals surface area contributed by atoms with Gasteiger partial charge in [0.15, 0.2) is 8.32 Å². The SMILES string of the molecule is CC(C)C[C@H](N)CO[Si](C)(C)C. The van der Waals surface area contributed by atoms with Crippen LogP contribution in [0.3, 0.4) is 0 Å². The lowest BCUT2D eigenvalue weighted by atomic mass is 10.1. The molecule has 0 aromatic carbocycles. The molecule has 0 heterocycles. The van der Waals surface area contributed by atoms with Crippen molar-refractivity contribution in [2.45, 2.75) is 46.0 Å². The lowest BCUT2D eigenvalue weighted by Crippen LogP contribution is -2.35. The molecule has 0 saturated carbocycles. The van der Waals surface area contributed by atoms with Crippen LogP contribution in [0.2, 0.25) is 19.6 Å². The van der Waals surface area contributed by atoms with E-state index in [1.165, 1.54) is 0 Å². The number of hydrogen-bond donors (Lipinski definition) is 1. The summed E-state index contributed by atoms with van der Waals surface area (Å²) < 4.78 is 5.71. The molecule has 0 bridgehead atoms. The molecule has 74 valence electrons. The molecule has 0 aliphatic heterocycles. The maximum absolute atomic E-state index is 5.88. The number of nitrogens with two attached hydrogens (primary N) is 1. The van der Waals surface area contributed by atoms with Crippen LogP contribution in [0.15, 0.2) is 0 Å². The monoisotopic (exact) mass is 189 g/mol. The molecule has 0 radical (unpaired) electrons. The summed E-state index contributed by atoms with van der Waals surface area (Å²) in [4.78, 5) is 0. The standard InChI is InChI=1S/C9H23NOSi/c1-8(2)6-9(10)7-11-12(3,4)5/h8-9H,6-7,10H2,1-5H3/t9-/m0/s1. The Morgan fingerprint density at radius 3 is 2.08 bits per heavy atom. The smallest absolute Gasteiger partial charge is 0.183 e. The van der Waals surface area contributed by atoms with Crippen LogP contribution in [0.25, 0.3) is 0 Å². The minimum atomic E-state index is -1.35. The van der Waals surface area contributed by atoms with E-state index in [4.69, 9.17) is 10.2 Å². The quantitative estimate of drug-likeness (QED) is 0.673. The van der Waals surface area contributed by atoms with Crippen molar-refractivity contribution < 1.29 is 4.43 Å². The minimum absolute atomic E-state index is 0.219. The second-order valence-electron chi connectivity index (χ2n) is 4.81. The van der Waals surface area contributed by atoms with Gasteiger partial charge in [0.1, 0.15) is 0 Å². The summed E-state index contributed by atoms with van der Waals surface area (Å²) in [6.45, 7) is 11.7. The summed E-state index contributed by atoms with van der Waals surface area (Å²) in [7, 11) is -1.35. The van der Waals surface area contributed by atoms with Crippen molar-refractivity contribution in [3.05, 3.63) is 0 Å². The minimum Gasteiger partial charge on any atom is -0.416 e. The van der Waals surface area contributed by atoms with Crippen LogP contribution in [-0.2, 0) is 4.43 Å². The first-order valence-corrected chi connectivity index (χ1v) is 8.11. The molecule has 0 aromatic heterocycles. The van der Waals surface area contributed by atoms with Gasteiger partial charge in [0.2, 0.25) is 0 Å². The van der Waals surface area contributed by atoms with Gasteiger partial charge in [-0.15, -0.1) is 0 Å². The van der Waals surface area contributed by atoms with Gasteiger partial charge in [-0.3, -0.25) is 0 Å². The third kappa shape index (κ3) is 8.24. The van der Waals surface area contributed by atoms with Gasteiger partial charge in [0.25, 0.3) is 0 Å².